The molecule has 2 aromatic rings. The molecule has 142 valence electrons. The van der Waals surface area contributed by atoms with E-state index in [2.05, 4.69) is 33.0 Å². The Hall–Kier alpha value is -2.40. The van der Waals surface area contributed by atoms with E-state index in [0.717, 1.165) is 30.5 Å². The van der Waals surface area contributed by atoms with E-state index >= 15 is 0 Å². The number of tetrazole rings is 1. The van der Waals surface area contributed by atoms with Crippen LogP contribution in [-0.2, 0) is 4.79 Å². The van der Waals surface area contributed by atoms with Gasteiger partial charge < -0.3 is 5.32 Å². The Morgan fingerprint density at radius 3 is 2.74 bits per heavy atom. The van der Waals surface area contributed by atoms with Crippen molar-refractivity contribution in [1.82, 2.24) is 25.5 Å². The van der Waals surface area contributed by atoms with Gasteiger partial charge in [-0.3, -0.25) is 4.79 Å². The first-order valence-corrected chi connectivity index (χ1v) is 10.1. The summed E-state index contributed by atoms with van der Waals surface area (Å²) in [7, 11) is 0. The molecule has 1 aromatic heterocycles. The van der Waals surface area contributed by atoms with Crippen molar-refractivity contribution in [2.24, 2.45) is 0 Å². The number of nitrogens with zero attached hydrogens (tertiary/aromatic N) is 5. The van der Waals surface area contributed by atoms with E-state index in [-0.39, 0.29) is 5.91 Å². The number of aryl methyl sites for hydroxylation is 2. The van der Waals surface area contributed by atoms with Crippen LogP contribution < -0.4 is 5.32 Å². The van der Waals surface area contributed by atoms with Gasteiger partial charge in [0.05, 0.1) is 17.0 Å². The highest BCUT2D eigenvalue weighted by atomic mass is 32.2. The van der Waals surface area contributed by atoms with Gasteiger partial charge in [-0.05, 0) is 55.7 Å². The summed E-state index contributed by atoms with van der Waals surface area (Å²) in [6.07, 6.45) is 4.49. The monoisotopic (exact) mass is 384 g/mol. The number of aromatic nitrogens is 4. The molecule has 7 nitrogen and oxygen atoms in total. The van der Waals surface area contributed by atoms with Crippen molar-refractivity contribution in [3.05, 3.63) is 29.3 Å². The predicted octanol–water partition coefficient (Wildman–Crippen LogP) is 3.10. The number of hydrogen-bond donors (Lipinski definition) is 1. The maximum atomic E-state index is 12.7. The normalized spacial score (nSPS) is 17.1. The van der Waals surface area contributed by atoms with Gasteiger partial charge >= 0.3 is 0 Å². The summed E-state index contributed by atoms with van der Waals surface area (Å²) in [6.45, 7) is 5.86. The molecule has 1 saturated carbocycles. The predicted molar refractivity (Wildman–Crippen MR) is 104 cm³/mol. The van der Waals surface area contributed by atoms with Crippen molar-refractivity contribution in [3.8, 4) is 11.8 Å². The van der Waals surface area contributed by atoms with Crippen molar-refractivity contribution in [2.45, 2.75) is 68.8 Å². The average Bonchev–Trinajstić information content (AvgIpc) is 3.10. The van der Waals surface area contributed by atoms with Gasteiger partial charge in [-0.2, -0.15) is 9.94 Å². The summed E-state index contributed by atoms with van der Waals surface area (Å²) in [6, 6.07) is 8.38. The zero-order chi connectivity index (χ0) is 19.4. The van der Waals surface area contributed by atoms with Gasteiger partial charge in [-0.1, -0.05) is 48.7 Å². The van der Waals surface area contributed by atoms with Crippen molar-refractivity contribution < 1.29 is 4.79 Å². The minimum absolute atomic E-state index is 0.154. The SMILES string of the molecule is Cc1ccc(-n2nnnc2S[C@@H](C)C(=O)NC2(C#N)CCCCC2)c(C)c1. The number of nitrogens with one attached hydrogen (secondary N) is 1. The third-order valence-corrected chi connectivity index (χ3v) is 5.99. The van der Waals surface area contributed by atoms with E-state index in [9.17, 15) is 10.1 Å². The topological polar surface area (TPSA) is 96.5 Å². The Morgan fingerprint density at radius 2 is 2.07 bits per heavy atom. The van der Waals surface area contributed by atoms with E-state index in [1.165, 1.54) is 17.3 Å². The molecule has 8 heteroatoms. The number of hydrogen-bond acceptors (Lipinski definition) is 6. The van der Waals surface area contributed by atoms with E-state index in [1.807, 2.05) is 32.9 Å². The quantitative estimate of drug-likeness (QED) is 0.796. The Labute approximate surface area is 163 Å². The van der Waals surface area contributed by atoms with Crippen LogP contribution in [0.25, 0.3) is 5.69 Å². The number of carbonyl (C=O) groups excluding carboxylic acids is 1. The lowest BCUT2D eigenvalue weighted by atomic mass is 9.83. The summed E-state index contributed by atoms with van der Waals surface area (Å²) in [4.78, 5) is 12.7. The molecule has 1 fully saturated rings. The molecular weight excluding hydrogens is 360 g/mol. The molecule has 1 heterocycles. The van der Waals surface area contributed by atoms with Gasteiger partial charge in [0, 0.05) is 0 Å². The molecule has 0 aliphatic heterocycles. The van der Waals surface area contributed by atoms with E-state index < -0.39 is 10.8 Å². The van der Waals surface area contributed by atoms with Crippen molar-refractivity contribution in [1.29, 1.82) is 5.26 Å². The summed E-state index contributed by atoms with van der Waals surface area (Å²) < 4.78 is 1.66. The Bertz CT molecular complexity index is 865. The number of amides is 1. The number of benzene rings is 1. The number of rotatable bonds is 5. The minimum atomic E-state index is -0.733. The van der Waals surface area contributed by atoms with E-state index in [1.54, 1.807) is 4.68 Å². The fourth-order valence-electron chi connectivity index (χ4n) is 3.42. The van der Waals surface area contributed by atoms with Crippen molar-refractivity contribution >= 4 is 17.7 Å². The molecule has 0 unspecified atom stereocenters. The van der Waals surface area contributed by atoms with Crippen LogP contribution in [0.2, 0.25) is 0 Å². The highest BCUT2D eigenvalue weighted by Gasteiger charge is 2.35. The van der Waals surface area contributed by atoms with E-state index in [4.69, 9.17) is 0 Å². The summed E-state index contributed by atoms with van der Waals surface area (Å²) in [5.41, 5.74) is 2.39. The lowest BCUT2D eigenvalue weighted by molar-refractivity contribution is -0.121. The van der Waals surface area contributed by atoms with Crippen LogP contribution in [0.4, 0.5) is 0 Å². The van der Waals surface area contributed by atoms with Crippen LogP contribution in [0.5, 0.6) is 0 Å². The maximum Gasteiger partial charge on any atom is 0.234 e. The second-order valence-electron chi connectivity index (χ2n) is 7.17. The zero-order valence-electron chi connectivity index (χ0n) is 15.9. The van der Waals surface area contributed by atoms with Crippen molar-refractivity contribution in [3.63, 3.8) is 0 Å². The first kappa shape index (κ1) is 19.4. The van der Waals surface area contributed by atoms with Crippen molar-refractivity contribution in [2.75, 3.05) is 0 Å². The number of thioether (sulfide) groups is 1. The summed E-state index contributed by atoms with van der Waals surface area (Å²) in [5, 5.41) is 24.6. The first-order valence-electron chi connectivity index (χ1n) is 9.20. The Morgan fingerprint density at radius 1 is 1.33 bits per heavy atom. The summed E-state index contributed by atoms with van der Waals surface area (Å²) >= 11 is 1.30. The number of carbonyl (C=O) groups is 1. The molecule has 0 radical (unpaired) electrons. The summed E-state index contributed by atoms with van der Waals surface area (Å²) in [5.74, 6) is -0.154. The van der Waals surface area contributed by atoms with Gasteiger partial charge in [-0.25, -0.2) is 0 Å². The van der Waals surface area contributed by atoms with Gasteiger partial charge in [0.25, 0.3) is 0 Å². The lowest BCUT2D eigenvalue weighted by Crippen LogP contribution is -2.51. The minimum Gasteiger partial charge on any atom is -0.337 e. The molecule has 0 bridgehead atoms. The molecule has 1 amide bonds. The largest absolute Gasteiger partial charge is 0.337 e. The maximum absolute atomic E-state index is 12.7. The molecule has 0 spiro atoms. The fraction of sp³-hybridized carbons (Fsp3) is 0.526. The molecule has 1 aliphatic carbocycles. The molecule has 1 aromatic carbocycles. The Kier molecular flexibility index (Phi) is 5.80. The number of nitriles is 1. The second kappa shape index (κ2) is 8.09. The highest BCUT2D eigenvalue weighted by molar-refractivity contribution is 8.00. The van der Waals surface area contributed by atoms with Gasteiger partial charge in [0.1, 0.15) is 5.54 Å². The van der Waals surface area contributed by atoms with Gasteiger partial charge in [0.15, 0.2) is 0 Å². The lowest BCUT2D eigenvalue weighted by Gasteiger charge is -2.32. The molecule has 1 atom stereocenters. The molecular formula is C19H24N6OS. The molecule has 0 saturated heterocycles. The Balaban J connectivity index is 1.73. The average molecular weight is 385 g/mol. The molecule has 3 rings (SSSR count). The van der Waals surface area contributed by atoms with Gasteiger partial charge in [-0.15, -0.1) is 5.10 Å². The smallest absolute Gasteiger partial charge is 0.234 e. The molecule has 1 aliphatic rings. The van der Waals surface area contributed by atoms with Crippen LogP contribution >= 0.6 is 11.8 Å². The standard InChI is InChI=1S/C19H24N6OS/c1-13-7-8-16(14(2)11-13)25-18(22-23-24-25)27-15(3)17(26)21-19(12-20)9-5-4-6-10-19/h7-8,11,15H,4-6,9-10H2,1-3H3,(H,21,26)/t15-/m0/s1. The van der Waals surface area contributed by atoms with E-state index in [0.29, 0.717) is 18.0 Å². The van der Waals surface area contributed by atoms with Crippen LogP contribution in [0, 0.1) is 25.2 Å². The fourth-order valence-corrected chi connectivity index (χ4v) is 4.22. The highest BCUT2D eigenvalue weighted by Crippen LogP contribution is 2.29. The molecule has 1 N–H and O–H groups in total. The van der Waals surface area contributed by atoms with Crippen LogP contribution in [0.15, 0.2) is 23.4 Å². The second-order valence-corrected chi connectivity index (χ2v) is 8.48. The van der Waals surface area contributed by atoms with Gasteiger partial charge in [0.2, 0.25) is 11.1 Å². The third kappa shape index (κ3) is 4.30. The van der Waals surface area contributed by atoms with Crippen LogP contribution in [0.3, 0.4) is 0 Å². The van der Waals surface area contributed by atoms with Crippen LogP contribution in [0.1, 0.15) is 50.2 Å². The molecule has 27 heavy (non-hydrogen) atoms. The zero-order valence-corrected chi connectivity index (χ0v) is 16.7. The first-order chi connectivity index (χ1) is 12.9. The third-order valence-electron chi connectivity index (χ3n) is 4.96. The van der Waals surface area contributed by atoms with Crippen LogP contribution in [-0.4, -0.2) is 36.9 Å².